The van der Waals surface area contributed by atoms with E-state index in [-0.39, 0.29) is 30.6 Å². The van der Waals surface area contributed by atoms with E-state index in [1.165, 1.54) is 6.26 Å². The van der Waals surface area contributed by atoms with E-state index in [0.717, 1.165) is 24.2 Å². The van der Waals surface area contributed by atoms with Crippen LogP contribution in [-0.2, 0) is 41.9 Å². The zero-order valence-electron chi connectivity index (χ0n) is 19.7. The van der Waals surface area contributed by atoms with Gasteiger partial charge in [0.15, 0.2) is 9.84 Å². The molecule has 0 atom stereocenters. The quantitative estimate of drug-likeness (QED) is 0.242. The van der Waals surface area contributed by atoms with E-state index in [2.05, 4.69) is 22.6 Å². The first-order valence-corrected chi connectivity index (χ1v) is 13.4. The lowest BCUT2D eigenvalue weighted by molar-refractivity contribution is -0.00264. The molecule has 0 bridgehead atoms. The molecule has 11 nitrogen and oxygen atoms in total. The number of aromatic nitrogens is 3. The molecule has 13 heteroatoms. The maximum atomic E-state index is 14.4. The zero-order chi connectivity index (χ0) is 23.9. The third-order valence-electron chi connectivity index (χ3n) is 5.05. The second-order valence-corrected chi connectivity index (χ2v) is 10.2. The smallest absolute Gasteiger partial charge is 0.236 e. The fourth-order valence-electron chi connectivity index (χ4n) is 3.07. The van der Waals surface area contributed by atoms with Gasteiger partial charge in [0.05, 0.1) is 64.6 Å². The Kier molecular flexibility index (Phi) is 13.3. The molecule has 2 heterocycles. The molecule has 1 saturated heterocycles. The fourth-order valence-corrected chi connectivity index (χ4v) is 4.03. The van der Waals surface area contributed by atoms with Crippen LogP contribution in [0, 0.1) is 5.95 Å². The number of hydrogen-bond acceptors (Lipinski definition) is 10. The predicted molar refractivity (Wildman–Crippen MR) is 120 cm³/mol. The molecule has 1 aromatic rings. The highest BCUT2D eigenvalue weighted by atomic mass is 32.2. The summed E-state index contributed by atoms with van der Waals surface area (Å²) in [6.07, 6.45) is 2.34. The van der Waals surface area contributed by atoms with Crippen LogP contribution in [0.5, 0.6) is 0 Å². The van der Waals surface area contributed by atoms with Gasteiger partial charge < -0.3 is 24.3 Å². The lowest BCUT2D eigenvalue weighted by Gasteiger charge is -2.37. The van der Waals surface area contributed by atoms with Gasteiger partial charge in [-0.3, -0.25) is 4.90 Å². The van der Waals surface area contributed by atoms with Gasteiger partial charge in [-0.25, -0.2) is 13.1 Å². The van der Waals surface area contributed by atoms with Crippen LogP contribution in [0.4, 0.5) is 4.39 Å². The maximum absolute atomic E-state index is 14.4. The summed E-state index contributed by atoms with van der Waals surface area (Å²) in [5.41, 5.74) is 0.212. The molecule has 1 aliphatic rings. The molecule has 0 saturated carbocycles. The highest BCUT2D eigenvalue weighted by Crippen LogP contribution is 2.18. The van der Waals surface area contributed by atoms with E-state index in [1.807, 2.05) is 4.90 Å². The fraction of sp³-hybridized carbons (Fsp3) is 0.900. The van der Waals surface area contributed by atoms with Gasteiger partial charge in [0.25, 0.3) is 0 Å². The van der Waals surface area contributed by atoms with Gasteiger partial charge in [0.1, 0.15) is 5.69 Å². The lowest BCUT2D eigenvalue weighted by Crippen LogP contribution is -2.53. The van der Waals surface area contributed by atoms with Crippen LogP contribution >= 0.6 is 0 Å². The van der Waals surface area contributed by atoms with E-state index in [0.29, 0.717) is 59.3 Å². The van der Waals surface area contributed by atoms with Gasteiger partial charge in [0, 0.05) is 32.4 Å². The van der Waals surface area contributed by atoms with E-state index >= 15 is 0 Å². The summed E-state index contributed by atoms with van der Waals surface area (Å²) in [5, 5.41) is 10.5. The molecule has 2 rings (SSSR count). The number of nitrogens with one attached hydrogen (secondary N) is 1. The van der Waals surface area contributed by atoms with Crippen molar-refractivity contribution in [3.63, 3.8) is 0 Å². The number of nitrogens with zero attached hydrogens (tertiary/aromatic N) is 4. The van der Waals surface area contributed by atoms with Crippen LogP contribution in [0.15, 0.2) is 0 Å². The SMILES string of the molecule is CCCNCCOCCOCCOCCOCCn1nnc(CN2CC(S(C)(=O)=O)C2)c1F. The minimum atomic E-state index is -3.05. The molecule has 1 fully saturated rings. The second-order valence-electron chi connectivity index (χ2n) is 7.90. The first-order chi connectivity index (χ1) is 15.9. The summed E-state index contributed by atoms with van der Waals surface area (Å²) >= 11 is 0. The third kappa shape index (κ3) is 11.2. The number of ether oxygens (including phenoxy) is 4. The first-order valence-electron chi connectivity index (χ1n) is 11.4. The summed E-state index contributed by atoms with van der Waals surface area (Å²) in [5.74, 6) is -0.518. The van der Waals surface area contributed by atoms with Crippen molar-refractivity contribution in [1.29, 1.82) is 0 Å². The van der Waals surface area contributed by atoms with Crippen LogP contribution in [0.2, 0.25) is 0 Å². The van der Waals surface area contributed by atoms with Gasteiger partial charge >= 0.3 is 0 Å². The Hall–Kier alpha value is -1.22. The summed E-state index contributed by atoms with van der Waals surface area (Å²) in [4.78, 5) is 1.83. The molecule has 1 N–H and O–H groups in total. The largest absolute Gasteiger partial charge is 0.378 e. The molecule has 1 aliphatic heterocycles. The van der Waals surface area contributed by atoms with Crippen molar-refractivity contribution in [3.05, 3.63) is 11.6 Å². The van der Waals surface area contributed by atoms with Crippen LogP contribution in [-0.4, -0.2) is 119 Å². The van der Waals surface area contributed by atoms with Crippen LogP contribution in [0.1, 0.15) is 19.0 Å². The minimum Gasteiger partial charge on any atom is -0.378 e. The Balaban J connectivity index is 1.40. The van der Waals surface area contributed by atoms with Crippen LogP contribution in [0.3, 0.4) is 0 Å². The Morgan fingerprint density at radius 2 is 1.55 bits per heavy atom. The molecular formula is C20H38FN5O6S. The Morgan fingerprint density at radius 3 is 2.12 bits per heavy atom. The average molecular weight is 496 g/mol. The molecule has 33 heavy (non-hydrogen) atoms. The van der Waals surface area contributed by atoms with Crippen LogP contribution in [0.25, 0.3) is 0 Å². The average Bonchev–Trinajstić information content (AvgIpc) is 3.08. The molecule has 192 valence electrons. The maximum Gasteiger partial charge on any atom is 0.236 e. The molecule has 0 spiro atoms. The monoisotopic (exact) mass is 495 g/mol. The van der Waals surface area contributed by atoms with E-state index in [1.54, 1.807) is 0 Å². The third-order valence-corrected chi connectivity index (χ3v) is 6.56. The molecular weight excluding hydrogens is 457 g/mol. The number of sulfone groups is 1. The molecule has 0 radical (unpaired) electrons. The van der Waals surface area contributed by atoms with Crippen molar-refractivity contribution in [2.24, 2.45) is 0 Å². The normalized spacial score (nSPS) is 15.2. The van der Waals surface area contributed by atoms with Crippen molar-refractivity contribution in [3.8, 4) is 0 Å². The minimum absolute atomic E-state index is 0.212. The van der Waals surface area contributed by atoms with E-state index < -0.39 is 15.8 Å². The van der Waals surface area contributed by atoms with Gasteiger partial charge in [-0.15, -0.1) is 5.10 Å². The van der Waals surface area contributed by atoms with Crippen molar-refractivity contribution in [2.45, 2.75) is 31.7 Å². The van der Waals surface area contributed by atoms with Crippen molar-refractivity contribution in [1.82, 2.24) is 25.2 Å². The predicted octanol–water partition coefficient (Wildman–Crippen LogP) is -0.288. The molecule has 1 aromatic heterocycles. The highest BCUT2D eigenvalue weighted by Gasteiger charge is 2.35. The van der Waals surface area contributed by atoms with Crippen molar-refractivity contribution >= 4 is 9.84 Å². The van der Waals surface area contributed by atoms with E-state index in [4.69, 9.17) is 18.9 Å². The molecule has 0 amide bonds. The molecule has 0 aromatic carbocycles. The Bertz CT molecular complexity index is 760. The van der Waals surface area contributed by atoms with E-state index in [9.17, 15) is 12.8 Å². The number of likely N-dealkylation sites (tertiary alicyclic amines) is 1. The van der Waals surface area contributed by atoms with Gasteiger partial charge in [-0.05, 0) is 13.0 Å². The highest BCUT2D eigenvalue weighted by molar-refractivity contribution is 7.91. The Morgan fingerprint density at radius 1 is 0.970 bits per heavy atom. The lowest BCUT2D eigenvalue weighted by atomic mass is 10.2. The van der Waals surface area contributed by atoms with Gasteiger partial charge in [-0.1, -0.05) is 12.1 Å². The topological polar surface area (TPSA) is 117 Å². The number of halogens is 1. The first kappa shape index (κ1) is 28.0. The molecule has 0 aliphatic carbocycles. The Labute approximate surface area is 195 Å². The van der Waals surface area contributed by atoms with Crippen molar-refractivity contribution < 1.29 is 31.8 Å². The zero-order valence-corrected chi connectivity index (χ0v) is 20.5. The standard InChI is InChI=1S/C20H38FN5O6S/c1-3-4-22-5-7-29-9-11-31-13-14-32-12-10-30-8-6-26-20(21)19(23-24-26)17-25-15-18(16-25)33(2,27)28/h18,22H,3-17H2,1-2H3. The van der Waals surface area contributed by atoms with Gasteiger partial charge in [0.2, 0.25) is 5.95 Å². The van der Waals surface area contributed by atoms with Crippen molar-refractivity contribution in [2.75, 3.05) is 85.3 Å². The summed E-state index contributed by atoms with van der Waals surface area (Å²) in [7, 11) is -3.05. The summed E-state index contributed by atoms with van der Waals surface area (Å²) in [6, 6.07) is 0. The summed E-state index contributed by atoms with van der Waals surface area (Å²) in [6.45, 7) is 9.10. The number of rotatable bonds is 20. The summed E-state index contributed by atoms with van der Waals surface area (Å²) < 4.78 is 60.1. The number of hydrogen-bond donors (Lipinski definition) is 1. The van der Waals surface area contributed by atoms with Crippen LogP contribution < -0.4 is 5.32 Å². The van der Waals surface area contributed by atoms with Gasteiger partial charge in [-0.2, -0.15) is 4.39 Å². The molecule has 0 unspecified atom stereocenters. The second kappa shape index (κ2) is 15.6.